The molecule has 4 N–H and O–H groups in total. The summed E-state index contributed by atoms with van der Waals surface area (Å²) in [6.07, 6.45) is 15.7. The van der Waals surface area contributed by atoms with Gasteiger partial charge in [0.1, 0.15) is 12.1 Å². The Morgan fingerprint density at radius 1 is 0.958 bits per heavy atom. The average Bonchev–Trinajstić information content (AvgIpc) is 3.54. The Balaban J connectivity index is 1.44. The molecule has 12 heteroatoms. The lowest BCUT2D eigenvalue weighted by molar-refractivity contribution is -0.143. The Kier molecular flexibility index (Phi) is 13.2. The maximum atomic E-state index is 14.1. The summed E-state index contributed by atoms with van der Waals surface area (Å²) in [6, 6.07) is -3.69. The van der Waals surface area contributed by atoms with E-state index in [0.29, 0.717) is 25.9 Å². The van der Waals surface area contributed by atoms with Crippen molar-refractivity contribution in [2.75, 3.05) is 26.2 Å². The molecule has 2 heterocycles. The summed E-state index contributed by atoms with van der Waals surface area (Å²) in [4.78, 5) is 82.9. The second-order valence-corrected chi connectivity index (χ2v) is 15.0. The van der Waals surface area contributed by atoms with Crippen molar-refractivity contribution < 1.29 is 28.8 Å². The van der Waals surface area contributed by atoms with Gasteiger partial charge in [-0.25, -0.2) is 4.79 Å². The molecule has 3 fully saturated rings. The van der Waals surface area contributed by atoms with Crippen LogP contribution >= 0.6 is 0 Å². The van der Waals surface area contributed by atoms with Gasteiger partial charge in [0, 0.05) is 32.6 Å². The SMILES string of the molecule is C=CCNC(=O)C(=O)C(CC1CCC1)NC(=O)[C@@H]1C=CCN1C(=O)[C@@H](NC(=O)N[C@H](CN1CCCCC1=O)C1CCCCC1)C(C)(C)C. The van der Waals surface area contributed by atoms with Gasteiger partial charge in [-0.2, -0.15) is 0 Å². The predicted octanol–water partition coefficient (Wildman–Crippen LogP) is 2.98. The molecule has 2 saturated carbocycles. The summed E-state index contributed by atoms with van der Waals surface area (Å²) >= 11 is 0. The van der Waals surface area contributed by atoms with Crippen LogP contribution in [-0.2, 0) is 24.0 Å². The largest absolute Gasteiger partial charge is 0.346 e. The molecule has 0 aromatic heterocycles. The van der Waals surface area contributed by atoms with E-state index in [-0.39, 0.29) is 36.9 Å². The van der Waals surface area contributed by atoms with E-state index >= 15 is 0 Å². The number of piperidine rings is 1. The van der Waals surface area contributed by atoms with Crippen LogP contribution in [-0.4, -0.2) is 95.6 Å². The highest BCUT2D eigenvalue weighted by atomic mass is 16.2. The fourth-order valence-electron chi connectivity index (χ4n) is 7.23. The van der Waals surface area contributed by atoms with E-state index in [1.165, 1.54) is 11.0 Å². The molecule has 0 aromatic rings. The minimum atomic E-state index is -1.01. The first-order chi connectivity index (χ1) is 22.9. The van der Waals surface area contributed by atoms with Crippen LogP contribution in [0.15, 0.2) is 24.8 Å². The maximum Gasteiger partial charge on any atom is 0.315 e. The van der Waals surface area contributed by atoms with Crippen molar-refractivity contribution in [2.45, 2.75) is 122 Å². The van der Waals surface area contributed by atoms with Crippen molar-refractivity contribution in [3.63, 3.8) is 0 Å². The number of ketones is 1. The standard InChI is InChI=1S/C36H56N6O6/c1-5-19-37-33(46)30(44)26(22-24-13-11-14-24)38-32(45)28-17-12-21-42(28)34(47)31(36(2,3)4)40-35(48)39-27(25-15-7-6-8-16-25)23-41-20-10-9-18-29(41)43/h5,12,17,24-28,31H,1,6-11,13-16,18-23H2,2-4H3,(H,37,46)(H,38,45)(H2,39,40,48)/t26?,27-,28+,31-/m1/s1. The second-order valence-electron chi connectivity index (χ2n) is 15.0. The normalized spacial score (nSPS) is 22.2. The van der Waals surface area contributed by atoms with Crippen molar-refractivity contribution in [1.82, 2.24) is 31.1 Å². The zero-order valence-electron chi connectivity index (χ0n) is 29.1. The van der Waals surface area contributed by atoms with E-state index in [2.05, 4.69) is 27.8 Å². The summed E-state index contributed by atoms with van der Waals surface area (Å²) in [5.41, 5.74) is -0.701. The predicted molar refractivity (Wildman–Crippen MR) is 182 cm³/mol. The second kappa shape index (κ2) is 17.1. The van der Waals surface area contributed by atoms with Gasteiger partial charge in [-0.15, -0.1) is 6.58 Å². The van der Waals surface area contributed by atoms with Crippen LogP contribution in [0.25, 0.3) is 0 Å². The Morgan fingerprint density at radius 3 is 2.31 bits per heavy atom. The van der Waals surface area contributed by atoms with Crippen LogP contribution in [0.4, 0.5) is 4.79 Å². The summed E-state index contributed by atoms with van der Waals surface area (Å²) in [5.74, 6) is -1.88. The first kappa shape index (κ1) is 37.1. The van der Waals surface area contributed by atoms with Crippen LogP contribution in [0.1, 0.15) is 97.8 Å². The average molecular weight is 669 g/mol. The molecule has 1 saturated heterocycles. The van der Waals surface area contributed by atoms with Gasteiger partial charge in [-0.3, -0.25) is 24.0 Å². The van der Waals surface area contributed by atoms with Crippen molar-refractivity contribution in [3.8, 4) is 0 Å². The Bertz CT molecular complexity index is 1230. The molecule has 4 atom stereocenters. The van der Waals surface area contributed by atoms with Crippen LogP contribution in [0.3, 0.4) is 0 Å². The number of likely N-dealkylation sites (tertiary alicyclic amines) is 1. The quantitative estimate of drug-likeness (QED) is 0.165. The summed E-state index contributed by atoms with van der Waals surface area (Å²) in [5, 5.41) is 11.3. The van der Waals surface area contributed by atoms with Crippen LogP contribution in [0, 0.1) is 17.3 Å². The number of rotatable bonds is 14. The lowest BCUT2D eigenvalue weighted by Crippen LogP contribution is -2.61. The van der Waals surface area contributed by atoms with Crippen molar-refractivity contribution in [3.05, 3.63) is 24.8 Å². The molecule has 2 aliphatic carbocycles. The van der Waals surface area contributed by atoms with E-state index in [9.17, 15) is 28.8 Å². The topological polar surface area (TPSA) is 157 Å². The number of nitrogens with one attached hydrogen (secondary N) is 4. The molecular formula is C36H56N6O6. The van der Waals surface area contributed by atoms with Crippen LogP contribution in [0.2, 0.25) is 0 Å². The third-order valence-corrected chi connectivity index (χ3v) is 10.3. The Hall–Kier alpha value is -3.70. The molecule has 266 valence electrons. The molecule has 4 aliphatic rings. The number of amides is 6. The Labute approximate surface area is 285 Å². The van der Waals surface area contributed by atoms with Gasteiger partial charge in [0.25, 0.3) is 5.91 Å². The number of hydrogen-bond donors (Lipinski definition) is 4. The number of urea groups is 1. The third kappa shape index (κ3) is 9.92. The van der Waals surface area contributed by atoms with Gasteiger partial charge in [0.15, 0.2) is 0 Å². The van der Waals surface area contributed by atoms with Gasteiger partial charge < -0.3 is 31.1 Å². The molecule has 12 nitrogen and oxygen atoms in total. The molecule has 1 unspecified atom stereocenters. The molecule has 6 amide bonds. The van der Waals surface area contributed by atoms with E-state index in [1.54, 1.807) is 12.2 Å². The van der Waals surface area contributed by atoms with E-state index in [1.807, 2.05) is 25.7 Å². The third-order valence-electron chi connectivity index (χ3n) is 10.3. The van der Waals surface area contributed by atoms with Crippen molar-refractivity contribution in [2.24, 2.45) is 17.3 Å². The van der Waals surface area contributed by atoms with Gasteiger partial charge in [0.05, 0.1) is 12.1 Å². The molecule has 4 rings (SSSR count). The highest BCUT2D eigenvalue weighted by molar-refractivity contribution is 6.38. The highest BCUT2D eigenvalue weighted by Crippen LogP contribution is 2.31. The van der Waals surface area contributed by atoms with E-state index in [0.717, 1.165) is 64.2 Å². The molecule has 0 spiro atoms. The molecule has 2 aliphatic heterocycles. The minimum absolute atomic E-state index is 0.117. The Morgan fingerprint density at radius 2 is 1.69 bits per heavy atom. The molecule has 0 radical (unpaired) electrons. The van der Waals surface area contributed by atoms with Gasteiger partial charge in [0.2, 0.25) is 23.5 Å². The molecule has 0 aromatic carbocycles. The number of hydrogen-bond acceptors (Lipinski definition) is 6. The maximum absolute atomic E-state index is 14.1. The van der Waals surface area contributed by atoms with Gasteiger partial charge in [-0.1, -0.05) is 77.5 Å². The van der Waals surface area contributed by atoms with Crippen LogP contribution in [0.5, 0.6) is 0 Å². The lowest BCUT2D eigenvalue weighted by atomic mass is 9.80. The smallest absolute Gasteiger partial charge is 0.315 e. The zero-order chi connectivity index (χ0) is 34.8. The molecular weight excluding hydrogens is 612 g/mol. The van der Waals surface area contributed by atoms with E-state index < -0.39 is 53.1 Å². The summed E-state index contributed by atoms with van der Waals surface area (Å²) < 4.78 is 0. The number of nitrogens with zero attached hydrogens (tertiary/aromatic N) is 2. The van der Waals surface area contributed by atoms with Crippen molar-refractivity contribution >= 4 is 35.4 Å². The van der Waals surface area contributed by atoms with E-state index in [4.69, 9.17) is 0 Å². The van der Waals surface area contributed by atoms with Gasteiger partial charge in [-0.05, 0) is 49.4 Å². The monoisotopic (exact) mass is 668 g/mol. The van der Waals surface area contributed by atoms with Crippen molar-refractivity contribution in [1.29, 1.82) is 0 Å². The lowest BCUT2D eigenvalue weighted by Gasteiger charge is -2.38. The first-order valence-electron chi connectivity index (χ1n) is 17.9. The number of carbonyl (C=O) groups excluding carboxylic acids is 6. The zero-order valence-corrected chi connectivity index (χ0v) is 29.1. The minimum Gasteiger partial charge on any atom is -0.346 e. The van der Waals surface area contributed by atoms with Crippen LogP contribution < -0.4 is 21.3 Å². The number of carbonyl (C=O) groups is 6. The highest BCUT2D eigenvalue weighted by Gasteiger charge is 2.42. The first-order valence-corrected chi connectivity index (χ1v) is 17.9. The summed E-state index contributed by atoms with van der Waals surface area (Å²) in [7, 11) is 0. The number of Topliss-reactive ketones (excluding diaryl/α,β-unsaturated/α-hetero) is 1. The fourth-order valence-corrected chi connectivity index (χ4v) is 7.23. The van der Waals surface area contributed by atoms with Gasteiger partial charge >= 0.3 is 6.03 Å². The summed E-state index contributed by atoms with van der Waals surface area (Å²) in [6.45, 7) is 10.6. The molecule has 0 bridgehead atoms. The fraction of sp³-hybridized carbons (Fsp3) is 0.722. The molecule has 48 heavy (non-hydrogen) atoms.